The van der Waals surface area contributed by atoms with Crippen LogP contribution in [0.25, 0.3) is 0 Å². The monoisotopic (exact) mass is 428 g/mol. The van der Waals surface area contributed by atoms with E-state index in [-0.39, 0.29) is 31.0 Å². The number of carbonyl (C=O) groups excluding carboxylic acids is 2. The zero-order valence-corrected chi connectivity index (χ0v) is 18.1. The van der Waals surface area contributed by atoms with Gasteiger partial charge in [0.05, 0.1) is 0 Å². The molecule has 3 rings (SSSR count). The van der Waals surface area contributed by atoms with Crippen molar-refractivity contribution < 1.29 is 14.3 Å². The molecule has 2 aromatic carbocycles. The van der Waals surface area contributed by atoms with Gasteiger partial charge in [0.25, 0.3) is 5.91 Å². The van der Waals surface area contributed by atoms with Gasteiger partial charge < -0.3 is 15.0 Å². The first kappa shape index (κ1) is 22.2. The number of benzene rings is 2. The van der Waals surface area contributed by atoms with Crippen molar-refractivity contribution in [2.24, 2.45) is 0 Å². The first-order valence-corrected chi connectivity index (χ1v) is 10.9. The van der Waals surface area contributed by atoms with Crippen LogP contribution in [0.4, 0.5) is 0 Å². The molecule has 0 spiro atoms. The molecule has 0 unspecified atom stereocenters. The second kappa shape index (κ2) is 11.0. The number of nitrogens with zero attached hydrogens (tertiary/aromatic N) is 1. The summed E-state index contributed by atoms with van der Waals surface area (Å²) in [5, 5.41) is 3.69. The molecule has 0 aromatic heterocycles. The van der Waals surface area contributed by atoms with Gasteiger partial charge in [-0.15, -0.1) is 0 Å². The molecule has 0 aliphatic heterocycles. The molecule has 1 aliphatic rings. The molecule has 2 amide bonds. The molecule has 6 heteroatoms. The number of ether oxygens (including phenoxy) is 1. The Bertz CT molecular complexity index is 837. The van der Waals surface area contributed by atoms with E-state index in [1.165, 1.54) is 6.42 Å². The average molecular weight is 429 g/mol. The first-order chi connectivity index (χ1) is 14.5. The fourth-order valence-electron chi connectivity index (χ4n) is 3.71. The van der Waals surface area contributed by atoms with Crippen molar-refractivity contribution >= 4 is 23.4 Å². The summed E-state index contributed by atoms with van der Waals surface area (Å²) >= 11 is 6.32. The lowest BCUT2D eigenvalue weighted by atomic mass is 9.95. The lowest BCUT2D eigenvalue weighted by Gasteiger charge is -2.31. The number of hydrogen-bond donors (Lipinski definition) is 1. The maximum atomic E-state index is 13.0. The van der Waals surface area contributed by atoms with E-state index in [4.69, 9.17) is 16.3 Å². The lowest BCUT2D eigenvalue weighted by Crippen LogP contribution is -2.51. The minimum absolute atomic E-state index is 0.137. The molecule has 2 aromatic rings. The SMILES string of the molecule is C[C@@H](C(=O)NC1CCCCC1)N(Cc1ccccc1Cl)C(=O)COc1ccccc1. The number of amides is 2. The van der Waals surface area contributed by atoms with Crippen molar-refractivity contribution in [2.75, 3.05) is 6.61 Å². The van der Waals surface area contributed by atoms with Crippen molar-refractivity contribution in [1.29, 1.82) is 0 Å². The fourth-order valence-corrected chi connectivity index (χ4v) is 3.90. The standard InChI is InChI=1S/C24H29ClN2O3/c1-18(24(29)26-20-11-4-2-5-12-20)27(16-19-10-8-9-15-22(19)25)23(28)17-30-21-13-6-3-7-14-21/h3,6-10,13-15,18,20H,2,4-5,11-12,16-17H2,1H3,(H,26,29)/t18-/m0/s1. The van der Waals surface area contributed by atoms with Crippen molar-refractivity contribution in [3.05, 3.63) is 65.2 Å². The van der Waals surface area contributed by atoms with Gasteiger partial charge in [0.2, 0.25) is 5.91 Å². The molecule has 30 heavy (non-hydrogen) atoms. The van der Waals surface area contributed by atoms with Gasteiger partial charge in [-0.25, -0.2) is 0 Å². The normalized spacial score (nSPS) is 15.3. The zero-order valence-electron chi connectivity index (χ0n) is 17.4. The van der Waals surface area contributed by atoms with Crippen molar-refractivity contribution in [3.8, 4) is 5.75 Å². The van der Waals surface area contributed by atoms with E-state index in [0.717, 1.165) is 31.2 Å². The highest BCUT2D eigenvalue weighted by Crippen LogP contribution is 2.21. The molecular weight excluding hydrogens is 400 g/mol. The minimum atomic E-state index is -0.630. The van der Waals surface area contributed by atoms with Gasteiger partial charge in [0.1, 0.15) is 11.8 Å². The molecular formula is C24H29ClN2O3. The van der Waals surface area contributed by atoms with Crippen molar-refractivity contribution in [3.63, 3.8) is 0 Å². The third kappa shape index (κ3) is 6.23. The van der Waals surface area contributed by atoms with Crippen LogP contribution in [0.5, 0.6) is 5.75 Å². The van der Waals surface area contributed by atoms with Crippen LogP contribution in [0.2, 0.25) is 5.02 Å². The van der Waals surface area contributed by atoms with E-state index in [2.05, 4.69) is 5.32 Å². The van der Waals surface area contributed by atoms with Crippen LogP contribution < -0.4 is 10.1 Å². The molecule has 5 nitrogen and oxygen atoms in total. The van der Waals surface area contributed by atoms with Crippen LogP contribution in [0.1, 0.15) is 44.6 Å². The van der Waals surface area contributed by atoms with E-state index in [9.17, 15) is 9.59 Å². The van der Waals surface area contributed by atoms with E-state index < -0.39 is 6.04 Å². The molecule has 1 aliphatic carbocycles. The van der Waals surface area contributed by atoms with Crippen LogP contribution in [-0.4, -0.2) is 35.4 Å². The molecule has 1 atom stereocenters. The van der Waals surface area contributed by atoms with Crippen LogP contribution in [0.15, 0.2) is 54.6 Å². The Morgan fingerprint density at radius 1 is 1.07 bits per heavy atom. The Hall–Kier alpha value is -2.53. The van der Waals surface area contributed by atoms with Gasteiger partial charge in [0, 0.05) is 17.6 Å². The third-order valence-electron chi connectivity index (χ3n) is 5.52. The Balaban J connectivity index is 1.71. The Labute approximate surface area is 183 Å². The van der Waals surface area contributed by atoms with Gasteiger partial charge in [-0.05, 0) is 43.5 Å². The van der Waals surface area contributed by atoms with Crippen LogP contribution in [0.3, 0.4) is 0 Å². The largest absolute Gasteiger partial charge is 0.484 e. The Kier molecular flexibility index (Phi) is 8.14. The molecule has 0 saturated heterocycles. The van der Waals surface area contributed by atoms with Crippen LogP contribution >= 0.6 is 11.6 Å². The summed E-state index contributed by atoms with van der Waals surface area (Å²) < 4.78 is 5.64. The van der Waals surface area contributed by atoms with Crippen molar-refractivity contribution in [1.82, 2.24) is 10.2 Å². The zero-order chi connectivity index (χ0) is 21.3. The highest BCUT2D eigenvalue weighted by Gasteiger charge is 2.28. The maximum absolute atomic E-state index is 13.0. The molecule has 0 bridgehead atoms. The lowest BCUT2D eigenvalue weighted by molar-refractivity contribution is -0.142. The smallest absolute Gasteiger partial charge is 0.261 e. The first-order valence-electron chi connectivity index (χ1n) is 10.6. The van der Waals surface area contributed by atoms with Crippen LogP contribution in [-0.2, 0) is 16.1 Å². The van der Waals surface area contributed by atoms with Gasteiger partial charge in [0.15, 0.2) is 6.61 Å². The predicted octanol–water partition coefficient (Wildman–Crippen LogP) is 4.59. The average Bonchev–Trinajstić information content (AvgIpc) is 2.78. The number of rotatable bonds is 8. The fraction of sp³-hybridized carbons (Fsp3) is 0.417. The summed E-state index contributed by atoms with van der Waals surface area (Å²) in [6.07, 6.45) is 5.47. The third-order valence-corrected chi connectivity index (χ3v) is 5.89. The van der Waals surface area contributed by atoms with Crippen molar-refractivity contribution in [2.45, 2.75) is 57.7 Å². The van der Waals surface area contributed by atoms with Gasteiger partial charge in [-0.1, -0.05) is 67.3 Å². The van der Waals surface area contributed by atoms with Gasteiger partial charge in [-0.3, -0.25) is 9.59 Å². The van der Waals surface area contributed by atoms with E-state index in [1.54, 1.807) is 30.0 Å². The summed E-state index contributed by atoms with van der Waals surface area (Å²) in [5.74, 6) is 0.218. The summed E-state index contributed by atoms with van der Waals surface area (Å²) in [6, 6.07) is 16.1. The molecule has 1 fully saturated rings. The summed E-state index contributed by atoms with van der Waals surface area (Å²) in [7, 11) is 0. The number of carbonyl (C=O) groups is 2. The molecule has 0 radical (unpaired) electrons. The second-order valence-corrected chi connectivity index (χ2v) is 8.14. The van der Waals surface area contributed by atoms with E-state index in [0.29, 0.717) is 10.8 Å². The summed E-state index contributed by atoms with van der Waals surface area (Å²) in [5.41, 5.74) is 0.796. The molecule has 0 heterocycles. The summed E-state index contributed by atoms with van der Waals surface area (Å²) in [6.45, 7) is 1.86. The van der Waals surface area contributed by atoms with Gasteiger partial charge >= 0.3 is 0 Å². The molecule has 1 saturated carbocycles. The Morgan fingerprint density at radius 2 is 1.73 bits per heavy atom. The second-order valence-electron chi connectivity index (χ2n) is 7.73. The van der Waals surface area contributed by atoms with E-state index >= 15 is 0 Å². The number of nitrogens with one attached hydrogen (secondary N) is 1. The number of halogens is 1. The summed E-state index contributed by atoms with van der Waals surface area (Å²) in [4.78, 5) is 27.5. The Morgan fingerprint density at radius 3 is 2.43 bits per heavy atom. The quantitative estimate of drug-likeness (QED) is 0.669. The predicted molar refractivity (Wildman–Crippen MR) is 118 cm³/mol. The number of hydrogen-bond acceptors (Lipinski definition) is 3. The highest BCUT2D eigenvalue weighted by molar-refractivity contribution is 6.31. The van der Waals surface area contributed by atoms with Crippen LogP contribution in [0, 0.1) is 0 Å². The molecule has 160 valence electrons. The topological polar surface area (TPSA) is 58.6 Å². The maximum Gasteiger partial charge on any atom is 0.261 e. The molecule has 1 N–H and O–H groups in total. The highest BCUT2D eigenvalue weighted by atomic mass is 35.5. The van der Waals surface area contributed by atoms with E-state index in [1.807, 2.05) is 36.4 Å². The number of para-hydroxylation sites is 1. The minimum Gasteiger partial charge on any atom is -0.484 e. The van der Waals surface area contributed by atoms with Gasteiger partial charge in [-0.2, -0.15) is 0 Å².